The highest BCUT2D eigenvalue weighted by Crippen LogP contribution is 2.29. The molecule has 1 aliphatic rings. The van der Waals surface area contributed by atoms with Crippen molar-refractivity contribution >= 4 is 5.97 Å². The molecule has 114 valence electrons. The Hall–Kier alpha value is -2.20. The summed E-state index contributed by atoms with van der Waals surface area (Å²) < 4.78 is 0. The Morgan fingerprint density at radius 1 is 1.23 bits per heavy atom. The topological polar surface area (TPSA) is 53.4 Å². The number of rotatable bonds is 3. The smallest absolute Gasteiger partial charge is 0.335 e. The molecule has 1 aromatic carbocycles. The molecular weight excluding hydrogens is 276 g/mol. The summed E-state index contributed by atoms with van der Waals surface area (Å²) in [5, 5.41) is 9.11. The minimum atomic E-state index is -0.909. The van der Waals surface area contributed by atoms with Gasteiger partial charge in [0, 0.05) is 11.8 Å². The number of carbonyl (C=O) groups is 1. The van der Waals surface area contributed by atoms with Crippen molar-refractivity contribution in [1.29, 1.82) is 0 Å². The number of hydrogen-bond acceptors (Lipinski definition) is 3. The van der Waals surface area contributed by atoms with Crippen molar-refractivity contribution < 1.29 is 9.90 Å². The summed E-state index contributed by atoms with van der Waals surface area (Å²) in [6.07, 6.45) is 4.15. The molecule has 4 heteroatoms. The largest absolute Gasteiger partial charge is 0.478 e. The van der Waals surface area contributed by atoms with Gasteiger partial charge in [0.15, 0.2) is 0 Å². The molecule has 0 spiro atoms. The van der Waals surface area contributed by atoms with Crippen molar-refractivity contribution in [3.8, 4) is 11.3 Å². The number of aromatic nitrogens is 1. The third-order valence-electron chi connectivity index (χ3n) is 4.38. The number of carboxylic acid groups (broad SMARTS) is 1. The van der Waals surface area contributed by atoms with Crippen LogP contribution in [0.1, 0.15) is 34.7 Å². The van der Waals surface area contributed by atoms with Crippen LogP contribution in [0, 0.1) is 0 Å². The van der Waals surface area contributed by atoms with Gasteiger partial charge in [-0.2, -0.15) is 0 Å². The molecule has 0 radical (unpaired) electrons. The van der Waals surface area contributed by atoms with E-state index in [4.69, 9.17) is 5.11 Å². The van der Waals surface area contributed by atoms with Crippen molar-refractivity contribution in [3.05, 3.63) is 53.7 Å². The molecule has 0 atom stereocenters. The summed E-state index contributed by atoms with van der Waals surface area (Å²) in [6.45, 7) is 2.24. The molecule has 1 saturated heterocycles. The Kier molecular flexibility index (Phi) is 4.20. The van der Waals surface area contributed by atoms with Crippen molar-refractivity contribution in [2.75, 3.05) is 20.1 Å². The summed E-state index contributed by atoms with van der Waals surface area (Å²) in [6, 6.07) is 11.2. The Morgan fingerprint density at radius 2 is 2.00 bits per heavy atom. The SMILES string of the molecule is CN1CCC(c2ccnc(-c3cccc(C(=O)O)c3)c2)CC1. The van der Waals surface area contributed by atoms with Gasteiger partial charge in [-0.25, -0.2) is 4.79 Å². The summed E-state index contributed by atoms with van der Waals surface area (Å²) in [4.78, 5) is 17.9. The normalized spacial score (nSPS) is 16.6. The van der Waals surface area contributed by atoms with Gasteiger partial charge in [-0.15, -0.1) is 0 Å². The van der Waals surface area contributed by atoms with Crippen LogP contribution in [-0.2, 0) is 0 Å². The monoisotopic (exact) mass is 296 g/mol. The van der Waals surface area contributed by atoms with Gasteiger partial charge in [-0.3, -0.25) is 4.98 Å². The maximum absolute atomic E-state index is 11.1. The predicted octanol–water partition coefficient (Wildman–Crippen LogP) is 3.26. The molecule has 4 nitrogen and oxygen atoms in total. The first kappa shape index (κ1) is 14.7. The average molecular weight is 296 g/mol. The lowest BCUT2D eigenvalue weighted by atomic mass is 9.89. The fraction of sp³-hybridized carbons (Fsp3) is 0.333. The van der Waals surface area contributed by atoms with Gasteiger partial charge >= 0.3 is 5.97 Å². The van der Waals surface area contributed by atoms with Gasteiger partial charge in [0.25, 0.3) is 0 Å². The Balaban J connectivity index is 1.88. The summed E-state index contributed by atoms with van der Waals surface area (Å²) in [5.41, 5.74) is 3.30. The van der Waals surface area contributed by atoms with Crippen molar-refractivity contribution in [1.82, 2.24) is 9.88 Å². The molecule has 1 aliphatic heterocycles. The molecule has 2 aromatic rings. The van der Waals surface area contributed by atoms with Gasteiger partial charge in [0.2, 0.25) is 0 Å². The highest BCUT2D eigenvalue weighted by molar-refractivity contribution is 5.89. The van der Waals surface area contributed by atoms with Crippen LogP contribution in [0.4, 0.5) is 0 Å². The number of aromatic carboxylic acids is 1. The lowest BCUT2D eigenvalue weighted by molar-refractivity contribution is 0.0697. The van der Waals surface area contributed by atoms with E-state index in [1.807, 2.05) is 12.3 Å². The minimum Gasteiger partial charge on any atom is -0.478 e. The Bertz CT molecular complexity index is 676. The van der Waals surface area contributed by atoms with Gasteiger partial charge in [0.1, 0.15) is 0 Å². The maximum atomic E-state index is 11.1. The van der Waals surface area contributed by atoms with E-state index in [2.05, 4.69) is 29.1 Å². The minimum absolute atomic E-state index is 0.295. The van der Waals surface area contributed by atoms with E-state index in [1.54, 1.807) is 18.2 Å². The van der Waals surface area contributed by atoms with Crippen LogP contribution in [-0.4, -0.2) is 41.1 Å². The molecule has 22 heavy (non-hydrogen) atoms. The van der Waals surface area contributed by atoms with Crippen LogP contribution in [0.5, 0.6) is 0 Å². The molecule has 0 aliphatic carbocycles. The number of pyridine rings is 1. The van der Waals surface area contributed by atoms with Crippen LogP contribution in [0.2, 0.25) is 0 Å². The van der Waals surface area contributed by atoms with E-state index < -0.39 is 5.97 Å². The van der Waals surface area contributed by atoms with Gasteiger partial charge in [0.05, 0.1) is 11.3 Å². The summed E-state index contributed by atoms with van der Waals surface area (Å²) in [5.74, 6) is -0.339. The quantitative estimate of drug-likeness (QED) is 0.944. The molecule has 0 amide bonds. The predicted molar refractivity (Wildman–Crippen MR) is 86.1 cm³/mol. The fourth-order valence-corrected chi connectivity index (χ4v) is 3.01. The second kappa shape index (κ2) is 6.28. The summed E-state index contributed by atoms with van der Waals surface area (Å²) >= 11 is 0. The lowest BCUT2D eigenvalue weighted by Gasteiger charge is -2.29. The van der Waals surface area contributed by atoms with E-state index in [-0.39, 0.29) is 0 Å². The van der Waals surface area contributed by atoms with E-state index in [0.717, 1.165) is 37.2 Å². The van der Waals surface area contributed by atoms with Crippen LogP contribution in [0.25, 0.3) is 11.3 Å². The maximum Gasteiger partial charge on any atom is 0.335 e. The number of hydrogen-bond donors (Lipinski definition) is 1. The zero-order chi connectivity index (χ0) is 15.5. The van der Waals surface area contributed by atoms with Gasteiger partial charge in [-0.05, 0) is 68.7 Å². The number of benzene rings is 1. The van der Waals surface area contributed by atoms with Crippen LogP contribution >= 0.6 is 0 Å². The van der Waals surface area contributed by atoms with E-state index in [9.17, 15) is 4.79 Å². The highest BCUT2D eigenvalue weighted by atomic mass is 16.4. The highest BCUT2D eigenvalue weighted by Gasteiger charge is 2.19. The number of likely N-dealkylation sites (tertiary alicyclic amines) is 1. The van der Waals surface area contributed by atoms with Crippen molar-refractivity contribution in [2.24, 2.45) is 0 Å². The zero-order valence-corrected chi connectivity index (χ0v) is 12.7. The molecule has 1 fully saturated rings. The van der Waals surface area contributed by atoms with Crippen LogP contribution < -0.4 is 0 Å². The Labute approximate surface area is 130 Å². The van der Waals surface area contributed by atoms with Crippen molar-refractivity contribution in [3.63, 3.8) is 0 Å². The lowest BCUT2D eigenvalue weighted by Crippen LogP contribution is -2.29. The molecule has 1 N–H and O–H groups in total. The third kappa shape index (κ3) is 3.17. The number of piperidine rings is 1. The molecule has 0 bridgehead atoms. The van der Waals surface area contributed by atoms with Gasteiger partial charge in [-0.1, -0.05) is 12.1 Å². The Morgan fingerprint density at radius 3 is 2.73 bits per heavy atom. The summed E-state index contributed by atoms with van der Waals surface area (Å²) in [7, 11) is 2.16. The third-order valence-corrected chi connectivity index (χ3v) is 4.38. The standard InChI is InChI=1S/C18H20N2O2/c1-20-9-6-13(7-10-20)14-5-8-19-17(12-14)15-3-2-4-16(11-15)18(21)22/h2-5,8,11-13H,6-7,9-10H2,1H3,(H,21,22). The van der Waals surface area contributed by atoms with E-state index in [0.29, 0.717) is 11.5 Å². The second-order valence-corrected chi connectivity index (χ2v) is 5.94. The van der Waals surface area contributed by atoms with E-state index in [1.165, 1.54) is 5.56 Å². The van der Waals surface area contributed by atoms with Crippen LogP contribution in [0.3, 0.4) is 0 Å². The molecule has 1 aromatic heterocycles. The first-order valence-electron chi connectivity index (χ1n) is 7.62. The van der Waals surface area contributed by atoms with E-state index >= 15 is 0 Å². The average Bonchev–Trinajstić information content (AvgIpc) is 2.56. The van der Waals surface area contributed by atoms with Gasteiger partial charge < -0.3 is 10.0 Å². The number of nitrogens with zero attached hydrogens (tertiary/aromatic N) is 2. The molecular formula is C18H20N2O2. The molecule has 0 saturated carbocycles. The van der Waals surface area contributed by atoms with Crippen LogP contribution in [0.15, 0.2) is 42.6 Å². The number of carboxylic acids is 1. The first-order valence-corrected chi connectivity index (χ1v) is 7.62. The van der Waals surface area contributed by atoms with Crippen molar-refractivity contribution in [2.45, 2.75) is 18.8 Å². The molecule has 0 unspecified atom stereocenters. The zero-order valence-electron chi connectivity index (χ0n) is 12.7. The molecule has 2 heterocycles. The fourth-order valence-electron chi connectivity index (χ4n) is 3.01. The second-order valence-electron chi connectivity index (χ2n) is 5.94. The molecule has 3 rings (SSSR count). The first-order chi connectivity index (χ1) is 10.6.